The van der Waals surface area contributed by atoms with Gasteiger partial charge in [0.2, 0.25) is 0 Å². The summed E-state index contributed by atoms with van der Waals surface area (Å²) in [6, 6.07) is 0. The molecule has 0 aromatic rings. The van der Waals surface area contributed by atoms with Gasteiger partial charge in [-0.05, 0) is 12.8 Å². The van der Waals surface area contributed by atoms with Gasteiger partial charge in [-0.15, -0.1) is 0 Å². The molecule has 0 heterocycles. The third-order valence-electron chi connectivity index (χ3n) is 7.76. The van der Waals surface area contributed by atoms with E-state index in [2.05, 4.69) is 18.4 Å². The van der Waals surface area contributed by atoms with Gasteiger partial charge in [0.1, 0.15) is 12.7 Å². The largest absolute Gasteiger partial charge is 0.472 e. The topological polar surface area (TPSA) is 149 Å². The molecule has 0 spiro atoms. The molecule has 0 aromatic heterocycles. The van der Waals surface area contributed by atoms with Crippen LogP contribution in [0.25, 0.3) is 0 Å². The number of hydrogen-bond donors (Lipinski definition) is 3. The van der Waals surface area contributed by atoms with Gasteiger partial charge >= 0.3 is 19.8 Å². The van der Waals surface area contributed by atoms with Crippen molar-refractivity contribution < 1.29 is 47.8 Å². The fourth-order valence-electron chi connectivity index (χ4n) is 4.93. The Morgan fingerprint density at radius 3 is 1.38 bits per heavy atom. The highest BCUT2D eigenvalue weighted by molar-refractivity contribution is 7.47. The SMILES string of the molecule is CCCCCCCCCCCCCC(=O)OC[C@@H](COP(=O)(O)OCC(O)CO)OC(=O)CCCCCCCCCCCCC. The van der Waals surface area contributed by atoms with Gasteiger partial charge in [-0.3, -0.25) is 18.6 Å². The van der Waals surface area contributed by atoms with Gasteiger partial charge in [0.05, 0.1) is 19.8 Å². The molecule has 11 heteroatoms. The monoisotopic (exact) mass is 666 g/mol. The first-order valence-corrected chi connectivity index (χ1v) is 19.5. The highest BCUT2D eigenvalue weighted by Gasteiger charge is 2.27. The number of aliphatic hydroxyl groups excluding tert-OH is 2. The van der Waals surface area contributed by atoms with Crippen molar-refractivity contribution in [3.63, 3.8) is 0 Å². The van der Waals surface area contributed by atoms with Crippen LogP contribution in [0.15, 0.2) is 0 Å². The lowest BCUT2D eigenvalue weighted by molar-refractivity contribution is -0.161. The summed E-state index contributed by atoms with van der Waals surface area (Å²) in [5.41, 5.74) is 0. The Balaban J connectivity index is 4.39. The van der Waals surface area contributed by atoms with Crippen molar-refractivity contribution in [2.75, 3.05) is 26.4 Å². The molecule has 3 N–H and O–H groups in total. The van der Waals surface area contributed by atoms with Gasteiger partial charge in [-0.1, -0.05) is 142 Å². The highest BCUT2D eigenvalue weighted by atomic mass is 31.2. The Hall–Kier alpha value is -1.03. The van der Waals surface area contributed by atoms with Crippen LogP contribution >= 0.6 is 7.82 Å². The molecule has 0 aliphatic rings. The van der Waals surface area contributed by atoms with Crippen LogP contribution in [0.4, 0.5) is 0 Å². The smallest absolute Gasteiger partial charge is 0.462 e. The summed E-state index contributed by atoms with van der Waals surface area (Å²) in [7, 11) is -4.60. The van der Waals surface area contributed by atoms with Gasteiger partial charge in [0.15, 0.2) is 6.10 Å². The normalized spacial score (nSPS) is 14.2. The van der Waals surface area contributed by atoms with Gasteiger partial charge < -0.3 is 24.6 Å². The summed E-state index contributed by atoms with van der Waals surface area (Å²) < 4.78 is 32.5. The quantitative estimate of drug-likeness (QED) is 0.0348. The zero-order chi connectivity index (χ0) is 33.4. The van der Waals surface area contributed by atoms with Crippen LogP contribution in [-0.4, -0.2) is 65.7 Å². The number of carbonyl (C=O) groups excluding carboxylic acids is 2. The van der Waals surface area contributed by atoms with Gasteiger partial charge in [-0.2, -0.15) is 0 Å². The minimum absolute atomic E-state index is 0.191. The summed E-state index contributed by atoms with van der Waals surface area (Å²) in [6.45, 7) is 2.35. The minimum Gasteiger partial charge on any atom is -0.462 e. The van der Waals surface area contributed by atoms with E-state index in [9.17, 15) is 24.2 Å². The van der Waals surface area contributed by atoms with E-state index in [1.807, 2.05) is 0 Å². The minimum atomic E-state index is -4.60. The first-order chi connectivity index (χ1) is 21.7. The number of ether oxygens (including phenoxy) is 2. The van der Waals surface area contributed by atoms with Crippen LogP contribution in [0.1, 0.15) is 168 Å². The number of carbonyl (C=O) groups is 2. The molecule has 0 saturated carbocycles. The molecule has 45 heavy (non-hydrogen) atoms. The number of esters is 2. The molecule has 268 valence electrons. The molecule has 0 amide bonds. The van der Waals surface area contributed by atoms with Crippen LogP contribution < -0.4 is 0 Å². The molecule has 0 fully saturated rings. The van der Waals surface area contributed by atoms with E-state index in [-0.39, 0.29) is 19.4 Å². The van der Waals surface area contributed by atoms with E-state index < -0.39 is 51.8 Å². The number of phosphoric ester groups is 1. The summed E-state index contributed by atoms with van der Waals surface area (Å²) in [6.07, 6.45) is 23.6. The van der Waals surface area contributed by atoms with Crippen molar-refractivity contribution in [3.05, 3.63) is 0 Å². The van der Waals surface area contributed by atoms with Crippen molar-refractivity contribution in [3.8, 4) is 0 Å². The van der Waals surface area contributed by atoms with Crippen LogP contribution in [0, 0.1) is 0 Å². The van der Waals surface area contributed by atoms with E-state index in [0.29, 0.717) is 12.8 Å². The molecule has 0 radical (unpaired) electrons. The number of unbranched alkanes of at least 4 members (excludes halogenated alkanes) is 20. The van der Waals surface area contributed by atoms with E-state index in [0.717, 1.165) is 38.5 Å². The van der Waals surface area contributed by atoms with Crippen molar-refractivity contribution in [2.24, 2.45) is 0 Å². The number of aliphatic hydroxyl groups is 2. The molecular weight excluding hydrogens is 599 g/mol. The fraction of sp³-hybridized carbons (Fsp3) is 0.941. The number of hydrogen-bond acceptors (Lipinski definition) is 9. The molecule has 0 aliphatic carbocycles. The van der Waals surface area contributed by atoms with Crippen LogP contribution in [0.3, 0.4) is 0 Å². The molecule has 0 bridgehead atoms. The summed E-state index contributed by atoms with van der Waals surface area (Å²) in [4.78, 5) is 34.7. The molecule has 10 nitrogen and oxygen atoms in total. The Morgan fingerprint density at radius 1 is 0.578 bits per heavy atom. The van der Waals surface area contributed by atoms with Crippen LogP contribution in [0.2, 0.25) is 0 Å². The maximum atomic E-state index is 12.5. The van der Waals surface area contributed by atoms with E-state index in [4.69, 9.17) is 19.1 Å². The molecule has 2 unspecified atom stereocenters. The second-order valence-electron chi connectivity index (χ2n) is 12.3. The summed E-state index contributed by atoms with van der Waals surface area (Å²) in [5.74, 6) is -0.919. The van der Waals surface area contributed by atoms with Gasteiger partial charge in [-0.25, -0.2) is 4.57 Å². The van der Waals surface area contributed by atoms with E-state index >= 15 is 0 Å². The lowest BCUT2D eigenvalue weighted by atomic mass is 10.1. The Labute approximate surface area is 273 Å². The lowest BCUT2D eigenvalue weighted by Crippen LogP contribution is -2.29. The second kappa shape index (κ2) is 31.6. The van der Waals surface area contributed by atoms with Crippen molar-refractivity contribution in [1.29, 1.82) is 0 Å². The summed E-state index contributed by atoms with van der Waals surface area (Å²) >= 11 is 0. The number of phosphoric acid groups is 1. The fourth-order valence-corrected chi connectivity index (χ4v) is 5.72. The van der Waals surface area contributed by atoms with Crippen molar-refractivity contribution in [2.45, 2.75) is 180 Å². The van der Waals surface area contributed by atoms with Gasteiger partial charge in [0, 0.05) is 12.8 Å². The first-order valence-electron chi connectivity index (χ1n) is 18.0. The molecule has 0 saturated heterocycles. The zero-order valence-corrected chi connectivity index (χ0v) is 29.5. The third-order valence-corrected chi connectivity index (χ3v) is 8.71. The molecule has 0 aromatic carbocycles. The second-order valence-corrected chi connectivity index (χ2v) is 13.7. The van der Waals surface area contributed by atoms with Gasteiger partial charge in [0.25, 0.3) is 0 Å². The maximum Gasteiger partial charge on any atom is 0.472 e. The maximum absolute atomic E-state index is 12.5. The highest BCUT2D eigenvalue weighted by Crippen LogP contribution is 2.43. The van der Waals surface area contributed by atoms with Crippen LogP contribution in [0.5, 0.6) is 0 Å². The molecule has 0 aliphatic heterocycles. The Bertz CT molecular complexity index is 736. The van der Waals surface area contributed by atoms with E-state index in [1.165, 1.54) is 89.9 Å². The first kappa shape index (κ1) is 44.0. The third kappa shape index (κ3) is 31.3. The standard InChI is InChI=1S/C34H67O10P/c1-3-5-7-9-11-13-15-17-19-21-23-25-33(37)41-29-32(30-43-45(39,40)42-28-31(36)27-35)44-34(38)26-24-22-20-18-16-14-12-10-8-6-4-2/h31-32,35-36H,3-30H2,1-2H3,(H,39,40)/t31?,32-/m0/s1. The average Bonchev–Trinajstić information content (AvgIpc) is 3.02. The Morgan fingerprint density at radius 2 is 0.956 bits per heavy atom. The predicted molar refractivity (Wildman–Crippen MR) is 178 cm³/mol. The zero-order valence-electron chi connectivity index (χ0n) is 28.6. The van der Waals surface area contributed by atoms with Crippen molar-refractivity contribution >= 4 is 19.8 Å². The molecule has 0 rings (SSSR count). The number of rotatable bonds is 34. The lowest BCUT2D eigenvalue weighted by Gasteiger charge is -2.20. The average molecular weight is 667 g/mol. The Kier molecular flexibility index (Phi) is 30.8. The van der Waals surface area contributed by atoms with Crippen molar-refractivity contribution in [1.82, 2.24) is 0 Å². The predicted octanol–water partition coefficient (Wildman–Crippen LogP) is 8.33. The molecule has 3 atom stereocenters. The summed E-state index contributed by atoms with van der Waals surface area (Å²) in [5, 5.41) is 18.2. The molecular formula is C34H67O10P. The van der Waals surface area contributed by atoms with E-state index in [1.54, 1.807) is 0 Å². The van der Waals surface area contributed by atoms with Crippen LogP contribution in [-0.2, 0) is 32.7 Å².